The number of ether oxygens (including phenoxy) is 1. The van der Waals surface area contributed by atoms with E-state index >= 15 is 0 Å². The summed E-state index contributed by atoms with van der Waals surface area (Å²) in [5.41, 5.74) is 2.88. The van der Waals surface area contributed by atoms with Crippen LogP contribution in [0.1, 0.15) is 51.5 Å². The molecule has 1 aromatic heterocycles. The molecule has 0 amide bonds. The van der Waals surface area contributed by atoms with Gasteiger partial charge in [-0.15, -0.1) is 0 Å². The van der Waals surface area contributed by atoms with Crippen LogP contribution in [0.2, 0.25) is 15.1 Å². The van der Waals surface area contributed by atoms with E-state index in [1.165, 1.54) is 22.8 Å². The molecule has 0 spiro atoms. The van der Waals surface area contributed by atoms with Crippen molar-refractivity contribution in [1.82, 2.24) is 9.88 Å². The Hall–Kier alpha value is -2.90. The summed E-state index contributed by atoms with van der Waals surface area (Å²) < 4.78 is 21.3. The van der Waals surface area contributed by atoms with Crippen LogP contribution < -0.4 is 10.9 Å². The maximum absolute atomic E-state index is 14.0. The van der Waals surface area contributed by atoms with Gasteiger partial charge in [-0.05, 0) is 105 Å². The number of hydrogen-bond acceptors (Lipinski definition) is 4. The number of carbonyl (C=O) groups excluding carboxylic acids is 1. The molecule has 1 fully saturated rings. The predicted octanol–water partition coefficient (Wildman–Crippen LogP) is 8.79. The van der Waals surface area contributed by atoms with Gasteiger partial charge in [-0.25, -0.2) is 4.39 Å². The van der Waals surface area contributed by atoms with E-state index in [0.717, 1.165) is 42.2 Å². The highest BCUT2D eigenvalue weighted by molar-refractivity contribution is 6.38. The fourth-order valence-corrected chi connectivity index (χ4v) is 6.63. The molecule has 0 saturated heterocycles. The van der Waals surface area contributed by atoms with Crippen molar-refractivity contribution < 1.29 is 13.9 Å². The zero-order chi connectivity index (χ0) is 30.7. The van der Waals surface area contributed by atoms with Gasteiger partial charge in [-0.1, -0.05) is 60.8 Å². The lowest BCUT2D eigenvalue weighted by atomic mass is 9.96. The normalized spacial score (nSPS) is 14.5. The number of hydrogen-bond donors (Lipinski definition) is 1. The Bertz CT molecular complexity index is 1680. The number of pyridine rings is 1. The van der Waals surface area contributed by atoms with Crippen LogP contribution in [-0.4, -0.2) is 29.2 Å². The summed E-state index contributed by atoms with van der Waals surface area (Å²) in [7, 11) is 0. The summed E-state index contributed by atoms with van der Waals surface area (Å²) in [6, 6.07) is 16.0. The summed E-state index contributed by atoms with van der Waals surface area (Å²) in [4.78, 5) is 26.4. The van der Waals surface area contributed by atoms with E-state index in [0.29, 0.717) is 52.1 Å². The molecule has 226 valence electrons. The molecule has 0 bridgehead atoms. The van der Waals surface area contributed by atoms with Gasteiger partial charge < -0.3 is 10.1 Å². The number of fused-ring (bicyclic) bond motifs is 1. The van der Waals surface area contributed by atoms with Crippen LogP contribution in [0, 0.1) is 11.7 Å². The molecule has 43 heavy (non-hydrogen) atoms. The van der Waals surface area contributed by atoms with E-state index in [-0.39, 0.29) is 22.7 Å². The zero-order valence-corrected chi connectivity index (χ0v) is 26.4. The number of halogens is 4. The first-order chi connectivity index (χ1) is 20.6. The molecule has 1 aliphatic carbocycles. The van der Waals surface area contributed by atoms with E-state index in [9.17, 15) is 14.0 Å². The highest BCUT2D eigenvalue weighted by Crippen LogP contribution is 2.37. The van der Waals surface area contributed by atoms with Crippen LogP contribution >= 0.6 is 34.8 Å². The van der Waals surface area contributed by atoms with Crippen LogP contribution in [0.15, 0.2) is 65.5 Å². The Balaban J connectivity index is 1.55. The third-order valence-corrected chi connectivity index (χ3v) is 8.76. The van der Waals surface area contributed by atoms with Gasteiger partial charge in [0.25, 0.3) is 5.56 Å². The topological polar surface area (TPSA) is 60.3 Å². The monoisotopic (exact) mass is 642 g/mol. The fourth-order valence-electron chi connectivity index (χ4n) is 5.79. The molecule has 1 N–H and O–H groups in total. The largest absolute Gasteiger partial charge is 0.461 e. The van der Waals surface area contributed by atoms with Crippen molar-refractivity contribution >= 4 is 51.7 Å². The number of aromatic nitrogens is 1. The van der Waals surface area contributed by atoms with E-state index in [4.69, 9.17) is 39.5 Å². The molecular formula is C34H34Cl3FN2O3. The average molecular weight is 644 g/mol. The van der Waals surface area contributed by atoms with Crippen LogP contribution in [0.3, 0.4) is 0 Å². The predicted molar refractivity (Wildman–Crippen MR) is 173 cm³/mol. The van der Waals surface area contributed by atoms with Crippen LogP contribution in [0.25, 0.3) is 27.7 Å². The van der Waals surface area contributed by atoms with Gasteiger partial charge in [0.05, 0.1) is 26.3 Å². The van der Waals surface area contributed by atoms with Gasteiger partial charge in [0.2, 0.25) is 0 Å². The van der Waals surface area contributed by atoms with Crippen molar-refractivity contribution in [1.29, 1.82) is 0 Å². The van der Waals surface area contributed by atoms with Gasteiger partial charge in [-0.2, -0.15) is 0 Å². The molecule has 0 unspecified atom stereocenters. The number of carbonyl (C=O) groups is 1. The van der Waals surface area contributed by atoms with E-state index < -0.39 is 11.9 Å². The molecule has 5 rings (SSSR count). The second-order valence-electron chi connectivity index (χ2n) is 11.5. The van der Waals surface area contributed by atoms with Crippen molar-refractivity contribution in [3.63, 3.8) is 0 Å². The number of rotatable bonds is 10. The number of esters is 1. The van der Waals surface area contributed by atoms with Crippen molar-refractivity contribution in [3.8, 4) is 16.8 Å². The standard InChI is InChI=1S/C34H34Cl3FN2O3/c1-20(2)16-30(34(42)43-23-6-3-4-7-23)39-15-14-21-17-26(24-11-10-22(38)19-29(24)37)25-12-13-32(41)40(31(25)18-21)33-27(35)8-5-9-28(33)36/h5,8-13,17-20,23,30,39H,3-4,6-7,14-16H2,1-2H3/t30-/m0/s1. The lowest BCUT2D eigenvalue weighted by molar-refractivity contribution is -0.151. The average Bonchev–Trinajstić information content (AvgIpc) is 3.46. The molecule has 1 aliphatic rings. The molecule has 5 nitrogen and oxygen atoms in total. The van der Waals surface area contributed by atoms with Gasteiger partial charge in [0, 0.05) is 17.0 Å². The first-order valence-electron chi connectivity index (χ1n) is 14.6. The summed E-state index contributed by atoms with van der Waals surface area (Å²) in [5.74, 6) is -0.352. The van der Waals surface area contributed by atoms with Gasteiger partial charge in [-0.3, -0.25) is 14.2 Å². The maximum Gasteiger partial charge on any atom is 0.323 e. The van der Waals surface area contributed by atoms with Crippen LogP contribution in [0.5, 0.6) is 0 Å². The quantitative estimate of drug-likeness (QED) is 0.176. The van der Waals surface area contributed by atoms with E-state index in [2.05, 4.69) is 19.2 Å². The van der Waals surface area contributed by atoms with Gasteiger partial charge in [0.1, 0.15) is 18.0 Å². The molecule has 4 aromatic rings. The molecule has 0 radical (unpaired) electrons. The third kappa shape index (κ3) is 7.26. The van der Waals surface area contributed by atoms with E-state index in [1.54, 1.807) is 30.3 Å². The zero-order valence-electron chi connectivity index (χ0n) is 24.1. The second kappa shape index (κ2) is 13.8. The lowest BCUT2D eigenvalue weighted by Gasteiger charge is -2.22. The Morgan fingerprint density at radius 3 is 2.37 bits per heavy atom. The minimum atomic E-state index is -0.446. The minimum Gasteiger partial charge on any atom is -0.461 e. The summed E-state index contributed by atoms with van der Waals surface area (Å²) in [5, 5.41) is 5.04. The Kier molecular flexibility index (Phi) is 10.1. The summed E-state index contributed by atoms with van der Waals surface area (Å²) in [6.45, 7) is 4.65. The Morgan fingerprint density at radius 2 is 1.70 bits per heavy atom. The van der Waals surface area contributed by atoms with Crippen LogP contribution in [0.4, 0.5) is 4.39 Å². The lowest BCUT2D eigenvalue weighted by Crippen LogP contribution is -2.41. The molecule has 1 atom stereocenters. The van der Waals surface area contributed by atoms with Gasteiger partial charge >= 0.3 is 5.97 Å². The molecule has 9 heteroatoms. The smallest absolute Gasteiger partial charge is 0.323 e. The SMILES string of the molecule is CC(C)C[C@H](NCCc1cc(-c2ccc(F)cc2Cl)c2ccc(=O)n(-c3c(Cl)cccc3Cl)c2c1)C(=O)OC1CCCC1. The van der Waals surface area contributed by atoms with E-state index in [1.807, 2.05) is 12.1 Å². The van der Waals surface area contributed by atoms with Gasteiger partial charge in [0.15, 0.2) is 0 Å². The first kappa shape index (κ1) is 31.5. The third-order valence-electron chi connectivity index (χ3n) is 7.84. The van der Waals surface area contributed by atoms with Crippen LogP contribution in [-0.2, 0) is 16.0 Å². The minimum absolute atomic E-state index is 0.000772. The summed E-state index contributed by atoms with van der Waals surface area (Å²) >= 11 is 19.7. The second-order valence-corrected chi connectivity index (χ2v) is 12.7. The van der Waals surface area contributed by atoms with Crippen molar-refractivity contribution in [2.24, 2.45) is 5.92 Å². The van der Waals surface area contributed by atoms with Crippen molar-refractivity contribution in [2.75, 3.05) is 6.54 Å². The Labute approximate surface area is 265 Å². The molecular weight excluding hydrogens is 610 g/mol. The number of nitrogens with one attached hydrogen (secondary N) is 1. The Morgan fingerprint density at radius 1 is 0.977 bits per heavy atom. The summed E-state index contributed by atoms with van der Waals surface area (Å²) in [6.07, 6.45) is 5.21. The van der Waals surface area contributed by atoms with Crippen molar-refractivity contribution in [2.45, 2.75) is 64.5 Å². The first-order valence-corrected chi connectivity index (χ1v) is 15.8. The highest BCUT2D eigenvalue weighted by atomic mass is 35.5. The van der Waals surface area contributed by atoms with Crippen molar-refractivity contribution in [3.05, 3.63) is 97.5 Å². The number of nitrogens with zero attached hydrogens (tertiary/aromatic N) is 1. The molecule has 3 aromatic carbocycles. The molecule has 0 aliphatic heterocycles. The maximum atomic E-state index is 14.0. The number of benzene rings is 3. The number of para-hydroxylation sites is 1. The molecule has 1 saturated carbocycles. The molecule has 1 heterocycles. The highest BCUT2D eigenvalue weighted by Gasteiger charge is 2.26. The fraction of sp³-hybridized carbons (Fsp3) is 0.353.